The first-order chi connectivity index (χ1) is 17.8. The number of carbonyl (C=O) groups excluding carboxylic acids is 3. The van der Waals surface area contributed by atoms with Crippen LogP contribution in [0.15, 0.2) is 48.5 Å². The number of fused-ring (bicyclic) bond motifs is 3. The molecule has 1 aliphatic rings. The van der Waals surface area contributed by atoms with E-state index in [4.69, 9.17) is 14.2 Å². The number of esters is 1. The van der Waals surface area contributed by atoms with Crippen molar-refractivity contribution in [1.82, 2.24) is 10.6 Å². The van der Waals surface area contributed by atoms with Crippen LogP contribution in [0.4, 0.5) is 9.59 Å². The summed E-state index contributed by atoms with van der Waals surface area (Å²) >= 11 is 0. The predicted octanol–water partition coefficient (Wildman–Crippen LogP) is 5.93. The van der Waals surface area contributed by atoms with E-state index < -0.39 is 35.4 Å². The molecule has 0 radical (unpaired) electrons. The van der Waals surface area contributed by atoms with E-state index in [0.717, 1.165) is 22.3 Å². The van der Waals surface area contributed by atoms with Crippen LogP contribution < -0.4 is 10.6 Å². The lowest BCUT2D eigenvalue weighted by atomic mass is 9.98. The molecule has 1 aliphatic carbocycles. The van der Waals surface area contributed by atoms with Crippen molar-refractivity contribution in [2.75, 3.05) is 13.2 Å². The normalized spacial score (nSPS) is 13.6. The lowest BCUT2D eigenvalue weighted by Gasteiger charge is -2.25. The van der Waals surface area contributed by atoms with Gasteiger partial charge in [-0.25, -0.2) is 14.4 Å². The van der Waals surface area contributed by atoms with Gasteiger partial charge in [0.15, 0.2) is 0 Å². The molecular weight excluding hydrogens is 484 g/mol. The van der Waals surface area contributed by atoms with E-state index in [2.05, 4.69) is 34.9 Å². The molecule has 0 spiro atoms. The summed E-state index contributed by atoms with van der Waals surface area (Å²) in [5, 5.41) is 5.39. The first-order valence-electron chi connectivity index (χ1n) is 13.2. The van der Waals surface area contributed by atoms with Gasteiger partial charge in [0.25, 0.3) is 0 Å². The predicted molar refractivity (Wildman–Crippen MR) is 146 cm³/mol. The average Bonchev–Trinajstić information content (AvgIpc) is 3.13. The highest BCUT2D eigenvalue weighted by Gasteiger charge is 2.31. The molecule has 0 fully saturated rings. The fourth-order valence-corrected chi connectivity index (χ4v) is 4.38. The van der Waals surface area contributed by atoms with Crippen molar-refractivity contribution in [2.24, 2.45) is 0 Å². The van der Waals surface area contributed by atoms with Gasteiger partial charge in [-0.3, -0.25) is 0 Å². The number of benzene rings is 2. The maximum Gasteiger partial charge on any atom is 0.407 e. The summed E-state index contributed by atoms with van der Waals surface area (Å²) in [6.07, 6.45) is 0.358. The zero-order chi connectivity index (χ0) is 27.9. The second kappa shape index (κ2) is 12.3. The van der Waals surface area contributed by atoms with Gasteiger partial charge in [-0.2, -0.15) is 0 Å². The first-order valence-corrected chi connectivity index (χ1v) is 13.2. The largest absolute Gasteiger partial charge is 0.458 e. The molecule has 1 atom stereocenters. The van der Waals surface area contributed by atoms with Gasteiger partial charge in [-0.05, 0) is 83.1 Å². The molecule has 206 valence electrons. The van der Waals surface area contributed by atoms with Gasteiger partial charge in [-0.15, -0.1) is 0 Å². The maximum absolute atomic E-state index is 12.8. The van der Waals surface area contributed by atoms with Crippen LogP contribution in [-0.2, 0) is 19.0 Å². The highest BCUT2D eigenvalue weighted by atomic mass is 16.6. The van der Waals surface area contributed by atoms with Crippen molar-refractivity contribution in [3.63, 3.8) is 0 Å². The van der Waals surface area contributed by atoms with Crippen molar-refractivity contribution >= 4 is 18.2 Å². The molecule has 2 aromatic rings. The summed E-state index contributed by atoms with van der Waals surface area (Å²) < 4.78 is 16.4. The number of amides is 2. The molecular formula is C30H40N2O6. The summed E-state index contributed by atoms with van der Waals surface area (Å²) in [5.74, 6) is -0.599. The van der Waals surface area contributed by atoms with Crippen molar-refractivity contribution in [1.29, 1.82) is 0 Å². The van der Waals surface area contributed by atoms with Crippen LogP contribution in [0.2, 0.25) is 0 Å². The van der Waals surface area contributed by atoms with Crippen LogP contribution in [0.1, 0.15) is 77.8 Å². The van der Waals surface area contributed by atoms with Gasteiger partial charge in [0.1, 0.15) is 23.9 Å². The number of nitrogens with one attached hydrogen (secondary N) is 2. The molecule has 8 heteroatoms. The zero-order valence-electron chi connectivity index (χ0n) is 23.3. The third-order valence-corrected chi connectivity index (χ3v) is 5.91. The van der Waals surface area contributed by atoms with Crippen molar-refractivity contribution in [2.45, 2.75) is 84.0 Å². The third-order valence-electron chi connectivity index (χ3n) is 5.91. The Morgan fingerprint density at radius 2 is 1.34 bits per heavy atom. The summed E-state index contributed by atoms with van der Waals surface area (Å²) in [5.41, 5.74) is 3.24. The molecule has 0 bridgehead atoms. The molecule has 8 nitrogen and oxygen atoms in total. The molecule has 38 heavy (non-hydrogen) atoms. The third kappa shape index (κ3) is 8.50. The molecule has 3 rings (SSSR count). The summed E-state index contributed by atoms with van der Waals surface area (Å²) in [6.45, 7) is 11.3. The molecule has 0 aliphatic heterocycles. The van der Waals surface area contributed by atoms with Gasteiger partial charge < -0.3 is 24.8 Å². The fourth-order valence-electron chi connectivity index (χ4n) is 4.38. The molecule has 0 saturated carbocycles. The number of unbranched alkanes of at least 4 members (excludes halogenated alkanes) is 1. The number of alkyl carbamates (subject to hydrolysis) is 2. The van der Waals surface area contributed by atoms with Gasteiger partial charge >= 0.3 is 18.2 Å². The zero-order valence-corrected chi connectivity index (χ0v) is 23.3. The monoisotopic (exact) mass is 524 g/mol. The Labute approximate surface area is 225 Å². The average molecular weight is 525 g/mol. The smallest absolute Gasteiger partial charge is 0.407 e. The Morgan fingerprint density at radius 1 is 0.789 bits per heavy atom. The molecule has 0 unspecified atom stereocenters. The van der Waals surface area contributed by atoms with E-state index >= 15 is 0 Å². The minimum atomic E-state index is -0.869. The summed E-state index contributed by atoms with van der Waals surface area (Å²) in [4.78, 5) is 37.4. The second-order valence-electron chi connectivity index (χ2n) is 11.5. The SMILES string of the molecule is CC(C)(C)OC(=O)NCCCC[C@H](NC(=O)OCC1c2ccccc2-c2ccccc21)C(=O)OC(C)(C)C. The van der Waals surface area contributed by atoms with Crippen molar-refractivity contribution in [3.8, 4) is 11.1 Å². The number of hydrogen-bond donors (Lipinski definition) is 2. The summed E-state index contributed by atoms with van der Waals surface area (Å²) in [6, 6.07) is 15.3. The van der Waals surface area contributed by atoms with E-state index in [9.17, 15) is 14.4 Å². The van der Waals surface area contributed by atoms with Crippen LogP contribution in [0.3, 0.4) is 0 Å². The van der Waals surface area contributed by atoms with Crippen LogP contribution in [0.5, 0.6) is 0 Å². The molecule has 2 aromatic carbocycles. The van der Waals surface area contributed by atoms with Gasteiger partial charge in [0, 0.05) is 12.5 Å². The topological polar surface area (TPSA) is 103 Å². The number of carbonyl (C=O) groups is 3. The molecule has 0 aromatic heterocycles. The minimum Gasteiger partial charge on any atom is -0.458 e. The number of ether oxygens (including phenoxy) is 3. The standard InChI is InChI=1S/C30H40N2O6/c1-29(2,3)37-26(33)25(17-11-12-18-31-27(34)38-30(4,5)6)32-28(35)36-19-24-22-15-9-7-13-20(22)21-14-8-10-16-23(21)24/h7-10,13-16,24-25H,11-12,17-19H2,1-6H3,(H,31,34)(H,32,35)/t25-/m0/s1. The van der Waals surface area contributed by atoms with E-state index in [0.29, 0.717) is 25.8 Å². The Balaban J connectivity index is 1.56. The number of hydrogen-bond acceptors (Lipinski definition) is 6. The van der Waals surface area contributed by atoms with Crippen molar-refractivity contribution in [3.05, 3.63) is 59.7 Å². The van der Waals surface area contributed by atoms with Gasteiger partial charge in [0.05, 0.1) is 0 Å². The van der Waals surface area contributed by atoms with Crippen LogP contribution in [0.25, 0.3) is 11.1 Å². The maximum atomic E-state index is 12.8. The highest BCUT2D eigenvalue weighted by Crippen LogP contribution is 2.44. The van der Waals surface area contributed by atoms with Gasteiger partial charge in [-0.1, -0.05) is 48.5 Å². The second-order valence-corrected chi connectivity index (χ2v) is 11.5. The quantitative estimate of drug-likeness (QED) is 0.239. The molecule has 0 saturated heterocycles. The van der Waals surface area contributed by atoms with Gasteiger partial charge in [0.2, 0.25) is 0 Å². The Kier molecular flexibility index (Phi) is 9.41. The van der Waals surface area contributed by atoms with Crippen LogP contribution >= 0.6 is 0 Å². The van der Waals surface area contributed by atoms with Crippen LogP contribution in [0, 0.1) is 0 Å². The minimum absolute atomic E-state index is 0.0768. The molecule has 0 heterocycles. The van der Waals surface area contributed by atoms with Crippen LogP contribution in [-0.4, -0.2) is 48.6 Å². The van der Waals surface area contributed by atoms with E-state index in [1.807, 2.05) is 24.3 Å². The lowest BCUT2D eigenvalue weighted by molar-refractivity contribution is -0.157. The highest BCUT2D eigenvalue weighted by molar-refractivity contribution is 5.82. The Morgan fingerprint density at radius 3 is 1.89 bits per heavy atom. The van der Waals surface area contributed by atoms with E-state index in [-0.39, 0.29) is 12.5 Å². The van der Waals surface area contributed by atoms with Crippen molar-refractivity contribution < 1.29 is 28.6 Å². The first kappa shape index (κ1) is 29.0. The summed E-state index contributed by atoms with van der Waals surface area (Å²) in [7, 11) is 0. The Hall–Kier alpha value is -3.55. The molecule has 2 amide bonds. The van der Waals surface area contributed by atoms with E-state index in [1.165, 1.54) is 0 Å². The molecule has 2 N–H and O–H groups in total. The Bertz CT molecular complexity index is 1090. The fraction of sp³-hybridized carbons (Fsp3) is 0.500. The lowest BCUT2D eigenvalue weighted by Crippen LogP contribution is -2.44. The van der Waals surface area contributed by atoms with E-state index in [1.54, 1.807) is 41.5 Å². The number of rotatable bonds is 9.